The minimum atomic E-state index is -3.71. The molecule has 1 aromatic heterocycles. The Hall–Kier alpha value is -2.79. The number of nitrogens with zero attached hydrogens (tertiary/aromatic N) is 2. The summed E-state index contributed by atoms with van der Waals surface area (Å²) in [6.07, 6.45) is -0.546. The molecule has 2 N–H and O–H groups in total. The van der Waals surface area contributed by atoms with Gasteiger partial charge in [-0.1, -0.05) is 47.2 Å². The molecule has 36 heavy (non-hydrogen) atoms. The number of nitrogens with one attached hydrogen (secondary N) is 1. The maximum atomic E-state index is 13.4. The molecule has 6 rings (SSSR count). The van der Waals surface area contributed by atoms with Crippen LogP contribution >= 0.6 is 22.9 Å². The summed E-state index contributed by atoms with van der Waals surface area (Å²) < 4.78 is 35.9. The molecular weight excluding hydrogens is 512 g/mol. The van der Waals surface area contributed by atoms with Gasteiger partial charge < -0.3 is 19.9 Å². The zero-order valence-electron chi connectivity index (χ0n) is 18.9. The second-order valence-electron chi connectivity index (χ2n) is 9.29. The number of benzene rings is 2. The van der Waals surface area contributed by atoms with E-state index in [1.165, 1.54) is 23.5 Å². The molecule has 0 unspecified atom stereocenters. The molecule has 1 saturated carbocycles. The van der Waals surface area contributed by atoms with E-state index in [2.05, 4.69) is 24.7 Å². The average Bonchev–Trinajstić information content (AvgIpc) is 3.16. The van der Waals surface area contributed by atoms with Gasteiger partial charge in [0.15, 0.2) is 16.6 Å². The molecule has 0 radical (unpaired) electrons. The van der Waals surface area contributed by atoms with Gasteiger partial charge in [0.2, 0.25) is 5.91 Å². The summed E-state index contributed by atoms with van der Waals surface area (Å²) >= 11 is 7.88. The van der Waals surface area contributed by atoms with Crippen molar-refractivity contribution < 1.29 is 28.2 Å². The zero-order chi connectivity index (χ0) is 25.1. The Morgan fingerprint density at radius 3 is 2.72 bits per heavy atom. The van der Waals surface area contributed by atoms with E-state index in [0.717, 1.165) is 10.4 Å². The van der Waals surface area contributed by atoms with Crippen molar-refractivity contribution in [3.05, 3.63) is 69.7 Å². The van der Waals surface area contributed by atoms with Crippen LogP contribution in [0.25, 0.3) is 0 Å². The normalized spacial score (nSPS) is 22.4. The lowest BCUT2D eigenvalue weighted by Crippen LogP contribution is -2.28. The van der Waals surface area contributed by atoms with Crippen LogP contribution in [0.3, 0.4) is 0 Å². The first-order valence-corrected chi connectivity index (χ1v) is 12.8. The number of amides is 1. The largest absolute Gasteiger partial charge is 0.586 e. The van der Waals surface area contributed by atoms with Gasteiger partial charge in [-0.25, -0.2) is 4.98 Å². The van der Waals surface area contributed by atoms with Crippen LogP contribution in [0.5, 0.6) is 11.5 Å². The topological polar surface area (TPSA) is 83.9 Å². The number of rotatable bonds is 6. The third-order valence-corrected chi connectivity index (χ3v) is 8.22. The van der Waals surface area contributed by atoms with Gasteiger partial charge in [-0.3, -0.25) is 9.69 Å². The molecule has 1 aliphatic carbocycles. The lowest BCUT2D eigenvalue weighted by molar-refractivity contribution is -0.286. The van der Waals surface area contributed by atoms with Crippen molar-refractivity contribution in [3.8, 4) is 11.5 Å². The van der Waals surface area contributed by atoms with Crippen molar-refractivity contribution in [2.24, 2.45) is 0 Å². The second kappa shape index (κ2) is 8.65. The molecule has 7 nitrogen and oxygen atoms in total. The van der Waals surface area contributed by atoms with E-state index in [9.17, 15) is 18.7 Å². The summed E-state index contributed by atoms with van der Waals surface area (Å²) in [7, 11) is 0. The van der Waals surface area contributed by atoms with Crippen molar-refractivity contribution >= 4 is 34.0 Å². The molecule has 188 valence electrons. The molecule has 3 aliphatic rings. The van der Waals surface area contributed by atoms with E-state index in [1.807, 2.05) is 24.3 Å². The van der Waals surface area contributed by atoms with E-state index in [0.29, 0.717) is 48.1 Å². The fourth-order valence-corrected chi connectivity index (χ4v) is 6.14. The molecule has 1 saturated heterocycles. The Balaban J connectivity index is 1.24. The van der Waals surface area contributed by atoms with Crippen molar-refractivity contribution in [3.63, 3.8) is 0 Å². The number of anilines is 1. The number of aromatic nitrogens is 1. The molecule has 0 spiro atoms. The number of fused-ring (bicyclic) bond motifs is 1. The molecule has 0 bridgehead atoms. The molecule has 2 aromatic carbocycles. The fraction of sp³-hybridized carbons (Fsp3) is 0.360. The quantitative estimate of drug-likeness (QED) is 0.467. The Labute approximate surface area is 214 Å². The number of thiazole rings is 1. The van der Waals surface area contributed by atoms with Crippen LogP contribution in [-0.2, 0) is 10.2 Å². The Morgan fingerprint density at radius 1 is 1.22 bits per heavy atom. The summed E-state index contributed by atoms with van der Waals surface area (Å²) in [5.41, 5.74) is 0.672. The molecule has 3 aromatic rings. The predicted molar refractivity (Wildman–Crippen MR) is 130 cm³/mol. The predicted octanol–water partition coefficient (Wildman–Crippen LogP) is 4.94. The number of β-amino-alcohol motifs (C(OH)–C–C–N with tert-alkyl or cyclic N) is 1. The summed E-state index contributed by atoms with van der Waals surface area (Å²) in [5, 5.41) is 14.1. The molecule has 2 aliphatic heterocycles. The van der Waals surface area contributed by atoms with Gasteiger partial charge in [0.25, 0.3) is 0 Å². The average molecular weight is 534 g/mol. The van der Waals surface area contributed by atoms with Crippen molar-refractivity contribution in [2.45, 2.75) is 43.1 Å². The Morgan fingerprint density at radius 2 is 2.00 bits per heavy atom. The highest BCUT2D eigenvalue weighted by Gasteiger charge is 2.53. The first-order valence-electron chi connectivity index (χ1n) is 11.6. The SMILES string of the molecule is O=C(Nc1ncc([C@@H](c2ccccc2Cl)N2CC[C@H](O)C2)s1)C1(c2ccc3c(c2)OC(F)(F)O3)CC1. The van der Waals surface area contributed by atoms with Crippen molar-refractivity contribution in [1.82, 2.24) is 9.88 Å². The summed E-state index contributed by atoms with van der Waals surface area (Å²) in [5.74, 6) is -0.384. The van der Waals surface area contributed by atoms with Crippen LogP contribution < -0.4 is 14.8 Å². The first-order chi connectivity index (χ1) is 17.2. The van der Waals surface area contributed by atoms with Crippen LogP contribution in [0.4, 0.5) is 13.9 Å². The molecule has 2 atom stereocenters. The van der Waals surface area contributed by atoms with Gasteiger partial charge in [-0.15, -0.1) is 8.78 Å². The minimum Gasteiger partial charge on any atom is -0.395 e. The summed E-state index contributed by atoms with van der Waals surface area (Å²) in [6, 6.07) is 11.8. The number of carbonyl (C=O) groups excluding carboxylic acids is 1. The highest BCUT2D eigenvalue weighted by molar-refractivity contribution is 7.15. The molecule has 11 heteroatoms. The van der Waals surface area contributed by atoms with E-state index in [1.54, 1.807) is 12.3 Å². The molecule has 2 fully saturated rings. The standard InChI is InChI=1S/C25H22ClF2N3O4S/c26-17-4-2-1-3-16(17)21(31-10-7-15(32)13-31)20-12-29-23(36-20)30-22(33)24(8-9-24)14-5-6-18-19(11-14)35-25(27,28)34-18/h1-6,11-12,15,21,32H,7-10,13H2,(H,29,30,33)/t15-,21+/m0/s1. The van der Waals surface area contributed by atoms with Crippen LogP contribution in [0.2, 0.25) is 5.02 Å². The molecule has 3 heterocycles. The van der Waals surface area contributed by atoms with Crippen LogP contribution in [-0.4, -0.2) is 46.4 Å². The van der Waals surface area contributed by atoms with E-state index >= 15 is 0 Å². The number of likely N-dealkylation sites (tertiary alicyclic amines) is 1. The van der Waals surface area contributed by atoms with E-state index in [-0.39, 0.29) is 23.4 Å². The molecular formula is C25H22ClF2N3O4S. The monoisotopic (exact) mass is 533 g/mol. The van der Waals surface area contributed by atoms with Crippen molar-refractivity contribution in [1.29, 1.82) is 0 Å². The maximum Gasteiger partial charge on any atom is 0.586 e. The summed E-state index contributed by atoms with van der Waals surface area (Å²) in [6.45, 7) is 1.23. The zero-order valence-corrected chi connectivity index (χ0v) is 20.5. The smallest absolute Gasteiger partial charge is 0.395 e. The number of hydrogen-bond donors (Lipinski definition) is 2. The van der Waals surface area contributed by atoms with Gasteiger partial charge in [-0.2, -0.15) is 0 Å². The number of carbonyl (C=O) groups is 1. The Bertz CT molecular complexity index is 1330. The number of hydrogen-bond acceptors (Lipinski definition) is 7. The highest BCUT2D eigenvalue weighted by Crippen LogP contribution is 2.52. The fourth-order valence-electron chi connectivity index (χ4n) is 4.94. The maximum absolute atomic E-state index is 13.4. The highest BCUT2D eigenvalue weighted by atomic mass is 35.5. The summed E-state index contributed by atoms with van der Waals surface area (Å²) in [4.78, 5) is 20.8. The lowest BCUT2D eigenvalue weighted by Gasteiger charge is -2.27. The third-order valence-electron chi connectivity index (χ3n) is 6.91. The van der Waals surface area contributed by atoms with Gasteiger partial charge in [0, 0.05) is 29.2 Å². The van der Waals surface area contributed by atoms with Gasteiger partial charge in [0.05, 0.1) is 17.6 Å². The minimum absolute atomic E-state index is 0.0535. The number of alkyl halides is 2. The van der Waals surface area contributed by atoms with Crippen molar-refractivity contribution in [2.75, 3.05) is 18.4 Å². The van der Waals surface area contributed by atoms with Crippen LogP contribution in [0.1, 0.15) is 41.3 Å². The number of halogens is 3. The second-order valence-corrected chi connectivity index (χ2v) is 10.8. The van der Waals surface area contributed by atoms with Gasteiger partial charge >= 0.3 is 6.29 Å². The van der Waals surface area contributed by atoms with E-state index < -0.39 is 17.8 Å². The first kappa shape index (κ1) is 23.6. The Kier molecular flexibility index (Phi) is 5.67. The van der Waals surface area contributed by atoms with Crippen LogP contribution in [0, 0.1) is 0 Å². The van der Waals surface area contributed by atoms with Gasteiger partial charge in [0.1, 0.15) is 0 Å². The molecule has 1 amide bonds. The van der Waals surface area contributed by atoms with Gasteiger partial charge in [-0.05, 0) is 48.6 Å². The lowest BCUT2D eigenvalue weighted by atomic mass is 9.94. The number of aliphatic hydroxyl groups excluding tert-OH is 1. The third kappa shape index (κ3) is 4.21. The van der Waals surface area contributed by atoms with E-state index in [4.69, 9.17) is 11.6 Å². The number of aliphatic hydroxyl groups is 1. The number of ether oxygens (including phenoxy) is 2. The van der Waals surface area contributed by atoms with Crippen LogP contribution in [0.15, 0.2) is 48.7 Å².